The maximum atomic E-state index is 13.6. The van der Waals surface area contributed by atoms with Crippen LogP contribution in [0.15, 0.2) is 42.5 Å². The minimum absolute atomic E-state index is 0.288. The second kappa shape index (κ2) is 4.24. The molecule has 18 heavy (non-hydrogen) atoms. The van der Waals surface area contributed by atoms with Crippen LogP contribution in [0.1, 0.15) is 0 Å². The summed E-state index contributed by atoms with van der Waals surface area (Å²) in [6, 6.07) is 12.7. The molecule has 0 amide bonds. The zero-order valence-electron chi connectivity index (χ0n) is 9.27. The highest BCUT2D eigenvalue weighted by Gasteiger charge is 2.12. The number of aromatic nitrogens is 2. The van der Waals surface area contributed by atoms with Crippen molar-refractivity contribution in [3.05, 3.63) is 51.9 Å². The van der Waals surface area contributed by atoms with E-state index in [1.807, 2.05) is 24.3 Å². The number of rotatable bonds is 1. The molecule has 3 rings (SSSR count). The van der Waals surface area contributed by atoms with Crippen LogP contribution in [-0.4, -0.2) is 9.55 Å². The van der Waals surface area contributed by atoms with E-state index < -0.39 is 0 Å². The standard InChI is InChI=1S/C13H9FIN3/c14-10-2-1-3-11-12(10)17-13(16)18(11)9-6-4-8(15)5-7-9/h1-7H,(H2,16,17). The summed E-state index contributed by atoms with van der Waals surface area (Å²) >= 11 is 2.23. The van der Waals surface area contributed by atoms with Crippen LogP contribution in [0.2, 0.25) is 0 Å². The van der Waals surface area contributed by atoms with Gasteiger partial charge in [-0.15, -0.1) is 0 Å². The average Bonchev–Trinajstić information content (AvgIpc) is 2.69. The molecule has 1 aromatic heterocycles. The molecular formula is C13H9FIN3. The molecule has 3 aromatic rings. The number of nitrogens with two attached hydrogens (primary N) is 1. The van der Waals surface area contributed by atoms with E-state index in [4.69, 9.17) is 5.73 Å². The zero-order chi connectivity index (χ0) is 12.7. The average molecular weight is 353 g/mol. The monoisotopic (exact) mass is 353 g/mol. The molecule has 0 saturated carbocycles. The van der Waals surface area contributed by atoms with Crippen LogP contribution in [0.3, 0.4) is 0 Å². The fourth-order valence-electron chi connectivity index (χ4n) is 1.94. The van der Waals surface area contributed by atoms with Gasteiger partial charge in [0, 0.05) is 9.26 Å². The Morgan fingerprint density at radius 2 is 1.83 bits per heavy atom. The van der Waals surface area contributed by atoms with Crippen molar-refractivity contribution in [3.63, 3.8) is 0 Å². The van der Waals surface area contributed by atoms with Crippen molar-refractivity contribution in [2.45, 2.75) is 0 Å². The molecule has 0 fully saturated rings. The highest BCUT2D eigenvalue weighted by Crippen LogP contribution is 2.25. The Morgan fingerprint density at radius 3 is 2.56 bits per heavy atom. The molecule has 0 aliphatic carbocycles. The third-order valence-electron chi connectivity index (χ3n) is 2.75. The van der Waals surface area contributed by atoms with Crippen molar-refractivity contribution < 1.29 is 4.39 Å². The maximum absolute atomic E-state index is 13.6. The fourth-order valence-corrected chi connectivity index (χ4v) is 2.30. The van der Waals surface area contributed by atoms with Gasteiger partial charge in [0.15, 0.2) is 5.82 Å². The Labute approximate surface area is 117 Å². The third kappa shape index (κ3) is 1.74. The molecule has 0 unspecified atom stereocenters. The molecule has 90 valence electrons. The summed E-state index contributed by atoms with van der Waals surface area (Å²) in [5.41, 5.74) is 7.73. The van der Waals surface area contributed by atoms with E-state index in [0.29, 0.717) is 11.0 Å². The van der Waals surface area contributed by atoms with E-state index in [1.54, 1.807) is 16.7 Å². The van der Waals surface area contributed by atoms with E-state index in [-0.39, 0.29) is 11.8 Å². The van der Waals surface area contributed by atoms with Crippen LogP contribution in [0.25, 0.3) is 16.7 Å². The number of para-hydroxylation sites is 1. The second-order valence-electron chi connectivity index (χ2n) is 3.89. The lowest BCUT2D eigenvalue weighted by atomic mass is 10.2. The first-order valence-corrected chi connectivity index (χ1v) is 6.43. The van der Waals surface area contributed by atoms with E-state index >= 15 is 0 Å². The Bertz CT molecular complexity index is 719. The summed E-state index contributed by atoms with van der Waals surface area (Å²) in [5.74, 6) is -0.0697. The second-order valence-corrected chi connectivity index (χ2v) is 5.14. The van der Waals surface area contributed by atoms with Crippen molar-refractivity contribution in [1.29, 1.82) is 0 Å². The van der Waals surface area contributed by atoms with Gasteiger partial charge < -0.3 is 5.73 Å². The number of benzene rings is 2. The summed E-state index contributed by atoms with van der Waals surface area (Å²) in [5, 5.41) is 0. The summed E-state index contributed by atoms with van der Waals surface area (Å²) in [7, 11) is 0. The van der Waals surface area contributed by atoms with Crippen LogP contribution in [0.4, 0.5) is 10.3 Å². The van der Waals surface area contributed by atoms with Crippen molar-refractivity contribution in [3.8, 4) is 5.69 Å². The molecule has 0 aliphatic heterocycles. The third-order valence-corrected chi connectivity index (χ3v) is 3.47. The van der Waals surface area contributed by atoms with Gasteiger partial charge in [-0.1, -0.05) is 6.07 Å². The molecule has 0 saturated heterocycles. The fraction of sp³-hybridized carbons (Fsp3) is 0. The molecule has 0 radical (unpaired) electrons. The van der Waals surface area contributed by atoms with E-state index in [9.17, 15) is 4.39 Å². The number of nitrogen functional groups attached to an aromatic ring is 1. The van der Waals surface area contributed by atoms with Gasteiger partial charge in [-0.3, -0.25) is 4.57 Å². The molecule has 0 aliphatic rings. The number of imidazole rings is 1. The number of fused-ring (bicyclic) bond motifs is 1. The van der Waals surface area contributed by atoms with E-state index in [1.165, 1.54) is 6.07 Å². The number of hydrogen-bond donors (Lipinski definition) is 1. The number of halogens is 2. The Hall–Kier alpha value is -1.63. The molecule has 0 bridgehead atoms. The Kier molecular flexibility index (Phi) is 2.70. The van der Waals surface area contributed by atoms with Gasteiger partial charge in [0.2, 0.25) is 5.95 Å². The van der Waals surface area contributed by atoms with Crippen LogP contribution >= 0.6 is 22.6 Å². The molecular weight excluding hydrogens is 344 g/mol. The molecule has 1 heterocycles. The lowest BCUT2D eigenvalue weighted by molar-refractivity contribution is 0.637. The smallest absolute Gasteiger partial charge is 0.206 e. The van der Waals surface area contributed by atoms with Crippen LogP contribution in [-0.2, 0) is 0 Å². The van der Waals surface area contributed by atoms with Crippen LogP contribution in [0.5, 0.6) is 0 Å². The summed E-state index contributed by atoms with van der Waals surface area (Å²) in [6.45, 7) is 0. The number of anilines is 1. The summed E-state index contributed by atoms with van der Waals surface area (Å²) < 4.78 is 16.5. The lowest BCUT2D eigenvalue weighted by Crippen LogP contribution is -2.00. The van der Waals surface area contributed by atoms with Gasteiger partial charge in [-0.25, -0.2) is 9.37 Å². The van der Waals surface area contributed by atoms with Crippen molar-refractivity contribution >= 4 is 39.6 Å². The van der Waals surface area contributed by atoms with Gasteiger partial charge >= 0.3 is 0 Å². The van der Waals surface area contributed by atoms with Gasteiger partial charge in [-0.2, -0.15) is 0 Å². The predicted molar refractivity (Wildman–Crippen MR) is 78.2 cm³/mol. The molecule has 2 N–H and O–H groups in total. The first kappa shape index (κ1) is 11.5. The first-order chi connectivity index (χ1) is 8.66. The first-order valence-electron chi connectivity index (χ1n) is 5.35. The minimum Gasteiger partial charge on any atom is -0.369 e. The molecule has 0 atom stereocenters. The number of nitrogens with zero attached hydrogens (tertiary/aromatic N) is 2. The predicted octanol–water partition coefficient (Wildman–Crippen LogP) is 3.35. The quantitative estimate of drug-likeness (QED) is 0.682. The summed E-state index contributed by atoms with van der Waals surface area (Å²) in [4.78, 5) is 4.08. The SMILES string of the molecule is Nc1nc2c(F)cccc2n1-c1ccc(I)cc1. The highest BCUT2D eigenvalue weighted by atomic mass is 127. The Balaban J connectivity index is 2.32. The normalized spacial score (nSPS) is 11.0. The largest absolute Gasteiger partial charge is 0.369 e. The van der Waals surface area contributed by atoms with Crippen molar-refractivity contribution in [2.24, 2.45) is 0 Å². The maximum Gasteiger partial charge on any atom is 0.206 e. The summed E-state index contributed by atoms with van der Waals surface area (Å²) in [6.07, 6.45) is 0. The topological polar surface area (TPSA) is 43.8 Å². The lowest BCUT2D eigenvalue weighted by Gasteiger charge is -2.06. The van der Waals surface area contributed by atoms with E-state index in [2.05, 4.69) is 27.6 Å². The highest BCUT2D eigenvalue weighted by molar-refractivity contribution is 14.1. The molecule has 3 nitrogen and oxygen atoms in total. The van der Waals surface area contributed by atoms with Crippen LogP contribution in [0, 0.1) is 9.39 Å². The molecule has 0 spiro atoms. The van der Waals surface area contributed by atoms with Gasteiger partial charge in [0.25, 0.3) is 0 Å². The Morgan fingerprint density at radius 1 is 1.11 bits per heavy atom. The minimum atomic E-state index is -0.358. The van der Waals surface area contributed by atoms with E-state index in [0.717, 1.165) is 9.26 Å². The molecule has 5 heteroatoms. The van der Waals surface area contributed by atoms with Crippen molar-refractivity contribution in [2.75, 3.05) is 5.73 Å². The van der Waals surface area contributed by atoms with Gasteiger partial charge in [0.1, 0.15) is 5.52 Å². The van der Waals surface area contributed by atoms with Crippen LogP contribution < -0.4 is 5.73 Å². The zero-order valence-corrected chi connectivity index (χ0v) is 11.4. The number of hydrogen-bond acceptors (Lipinski definition) is 2. The van der Waals surface area contributed by atoms with Gasteiger partial charge in [-0.05, 0) is 59.0 Å². The van der Waals surface area contributed by atoms with Gasteiger partial charge in [0.05, 0.1) is 5.52 Å². The molecule has 2 aromatic carbocycles. The van der Waals surface area contributed by atoms with Crippen molar-refractivity contribution in [1.82, 2.24) is 9.55 Å².